The van der Waals surface area contributed by atoms with Crippen LogP contribution in [0.25, 0.3) is 33.9 Å². The van der Waals surface area contributed by atoms with Crippen LogP contribution >= 0.6 is 0 Å². The summed E-state index contributed by atoms with van der Waals surface area (Å²) in [6, 6.07) is 25.0. The normalized spacial score (nSPS) is 12.3. The average molecular weight is 353 g/mol. The second-order valence-corrected chi connectivity index (χ2v) is 6.70. The van der Waals surface area contributed by atoms with Gasteiger partial charge in [0.2, 0.25) is 0 Å². The Kier molecular flexibility index (Phi) is 3.75. The number of ether oxygens (including phenoxy) is 1. The molecule has 132 valence electrons. The lowest BCUT2D eigenvalue weighted by Gasteiger charge is -2.17. The van der Waals surface area contributed by atoms with Gasteiger partial charge in [-0.15, -0.1) is 0 Å². The summed E-state index contributed by atoms with van der Waals surface area (Å²) < 4.78 is 7.39. The van der Waals surface area contributed by atoms with Gasteiger partial charge in [0, 0.05) is 17.7 Å². The van der Waals surface area contributed by atoms with Crippen molar-refractivity contribution in [2.45, 2.75) is 13.0 Å². The second-order valence-electron chi connectivity index (χ2n) is 6.70. The lowest BCUT2D eigenvalue weighted by atomic mass is 10.0. The van der Waals surface area contributed by atoms with Gasteiger partial charge in [-0.25, -0.2) is 9.67 Å². The summed E-state index contributed by atoms with van der Waals surface area (Å²) in [4.78, 5) is 4.84. The summed E-state index contributed by atoms with van der Waals surface area (Å²) in [7, 11) is 1.69. The molecule has 0 N–H and O–H groups in total. The van der Waals surface area contributed by atoms with Crippen molar-refractivity contribution in [1.82, 2.24) is 14.8 Å². The van der Waals surface area contributed by atoms with Crippen molar-refractivity contribution >= 4 is 0 Å². The Balaban J connectivity index is 1.52. The zero-order chi connectivity index (χ0) is 18.2. The van der Waals surface area contributed by atoms with E-state index in [0.717, 1.165) is 41.5 Å². The first-order valence-electron chi connectivity index (χ1n) is 9.10. The van der Waals surface area contributed by atoms with E-state index in [1.807, 2.05) is 16.8 Å². The minimum Gasteiger partial charge on any atom is -0.497 e. The van der Waals surface area contributed by atoms with Crippen LogP contribution in [0, 0.1) is 0 Å². The van der Waals surface area contributed by atoms with E-state index in [-0.39, 0.29) is 0 Å². The Hall–Kier alpha value is -3.40. The lowest BCUT2D eigenvalue weighted by molar-refractivity contribution is 0.414. The van der Waals surface area contributed by atoms with Crippen molar-refractivity contribution in [1.29, 1.82) is 0 Å². The number of hydrogen-bond acceptors (Lipinski definition) is 3. The molecule has 0 spiro atoms. The van der Waals surface area contributed by atoms with E-state index in [2.05, 4.69) is 60.7 Å². The fourth-order valence-electron chi connectivity index (χ4n) is 3.60. The molecule has 5 rings (SSSR count). The van der Waals surface area contributed by atoms with Gasteiger partial charge in [-0.1, -0.05) is 60.7 Å². The molecule has 3 aromatic carbocycles. The molecule has 0 amide bonds. The van der Waals surface area contributed by atoms with Gasteiger partial charge < -0.3 is 4.74 Å². The summed E-state index contributed by atoms with van der Waals surface area (Å²) in [5.74, 6) is 2.52. The Labute approximate surface area is 158 Å². The van der Waals surface area contributed by atoms with Gasteiger partial charge in [-0.2, -0.15) is 5.10 Å². The minimum absolute atomic E-state index is 0.764. The van der Waals surface area contributed by atoms with E-state index in [9.17, 15) is 0 Å². The third kappa shape index (κ3) is 2.79. The van der Waals surface area contributed by atoms with Gasteiger partial charge in [0.1, 0.15) is 5.75 Å². The molecular formula is C23H19N3O. The molecule has 0 bridgehead atoms. The quantitative estimate of drug-likeness (QED) is 0.529. The highest BCUT2D eigenvalue weighted by molar-refractivity contribution is 5.70. The molecule has 0 aliphatic carbocycles. The Morgan fingerprint density at radius 2 is 1.59 bits per heavy atom. The molecule has 1 aliphatic heterocycles. The number of aromatic nitrogens is 3. The summed E-state index contributed by atoms with van der Waals surface area (Å²) in [6.45, 7) is 0.851. The number of nitrogens with zero attached hydrogens (tertiary/aromatic N) is 3. The van der Waals surface area contributed by atoms with Crippen molar-refractivity contribution in [3.8, 4) is 39.7 Å². The van der Waals surface area contributed by atoms with Crippen molar-refractivity contribution in [2.75, 3.05) is 7.11 Å². The second kappa shape index (κ2) is 6.40. The van der Waals surface area contributed by atoms with Crippen LogP contribution in [0.3, 0.4) is 0 Å². The SMILES string of the molecule is COc1ccc2c(c1)-c1nc(-c3ccc(-c4ccccc4)cc3)nn1CC2. The third-order valence-electron chi connectivity index (χ3n) is 5.07. The van der Waals surface area contributed by atoms with Crippen LogP contribution in [0.15, 0.2) is 72.8 Å². The Morgan fingerprint density at radius 3 is 2.37 bits per heavy atom. The van der Waals surface area contributed by atoms with Crippen LogP contribution < -0.4 is 4.74 Å². The number of hydrogen-bond donors (Lipinski definition) is 0. The summed E-state index contributed by atoms with van der Waals surface area (Å²) in [5.41, 5.74) is 5.84. The molecule has 0 saturated carbocycles. The number of fused-ring (bicyclic) bond motifs is 3. The molecule has 0 radical (unpaired) electrons. The van der Waals surface area contributed by atoms with Crippen molar-refractivity contribution in [3.63, 3.8) is 0 Å². The van der Waals surface area contributed by atoms with Gasteiger partial charge in [0.25, 0.3) is 0 Å². The Bertz CT molecular complexity index is 1100. The van der Waals surface area contributed by atoms with Gasteiger partial charge >= 0.3 is 0 Å². The first-order chi connectivity index (χ1) is 13.3. The van der Waals surface area contributed by atoms with E-state index in [0.29, 0.717) is 0 Å². The molecule has 0 atom stereocenters. The number of benzene rings is 3. The molecular weight excluding hydrogens is 334 g/mol. The largest absolute Gasteiger partial charge is 0.497 e. The van der Waals surface area contributed by atoms with Gasteiger partial charge in [0.05, 0.1) is 7.11 Å². The smallest absolute Gasteiger partial charge is 0.181 e. The first kappa shape index (κ1) is 15.8. The van der Waals surface area contributed by atoms with E-state index < -0.39 is 0 Å². The van der Waals surface area contributed by atoms with Crippen LogP contribution in [-0.2, 0) is 13.0 Å². The van der Waals surface area contributed by atoms with Crippen LogP contribution in [-0.4, -0.2) is 21.9 Å². The molecule has 2 heterocycles. The molecule has 0 fully saturated rings. The number of methoxy groups -OCH3 is 1. The number of rotatable bonds is 3. The van der Waals surface area contributed by atoms with Crippen LogP contribution in [0.1, 0.15) is 5.56 Å². The fraction of sp³-hybridized carbons (Fsp3) is 0.130. The standard InChI is InChI=1S/C23H19N3O/c1-27-20-12-11-18-13-14-26-23(21(18)15-20)24-22(25-26)19-9-7-17(8-10-19)16-5-3-2-4-6-16/h2-12,15H,13-14H2,1H3. The first-order valence-corrected chi connectivity index (χ1v) is 9.10. The maximum atomic E-state index is 5.38. The molecule has 4 heteroatoms. The summed E-state index contributed by atoms with van der Waals surface area (Å²) >= 11 is 0. The van der Waals surface area contributed by atoms with E-state index in [1.165, 1.54) is 16.7 Å². The molecule has 1 aliphatic rings. The predicted molar refractivity (Wildman–Crippen MR) is 107 cm³/mol. The number of aryl methyl sites for hydroxylation is 2. The molecule has 1 aromatic heterocycles. The zero-order valence-electron chi connectivity index (χ0n) is 15.1. The summed E-state index contributed by atoms with van der Waals surface area (Å²) in [6.07, 6.45) is 0.960. The molecule has 27 heavy (non-hydrogen) atoms. The van der Waals surface area contributed by atoms with Gasteiger partial charge in [-0.05, 0) is 35.2 Å². The van der Waals surface area contributed by atoms with Crippen molar-refractivity contribution in [2.24, 2.45) is 0 Å². The molecule has 0 unspecified atom stereocenters. The molecule has 4 nitrogen and oxygen atoms in total. The summed E-state index contributed by atoms with van der Waals surface area (Å²) in [5, 5.41) is 4.74. The van der Waals surface area contributed by atoms with Gasteiger partial charge in [0.15, 0.2) is 11.6 Å². The van der Waals surface area contributed by atoms with Crippen LogP contribution in [0.2, 0.25) is 0 Å². The van der Waals surface area contributed by atoms with Crippen molar-refractivity contribution in [3.05, 3.63) is 78.4 Å². The lowest BCUT2D eigenvalue weighted by Crippen LogP contribution is -2.12. The average Bonchev–Trinajstić information content (AvgIpc) is 3.19. The predicted octanol–water partition coefficient (Wildman–Crippen LogP) is 4.84. The minimum atomic E-state index is 0.764. The fourth-order valence-corrected chi connectivity index (χ4v) is 3.60. The van der Waals surface area contributed by atoms with Crippen LogP contribution in [0.5, 0.6) is 5.75 Å². The highest BCUT2D eigenvalue weighted by Crippen LogP contribution is 2.33. The topological polar surface area (TPSA) is 39.9 Å². The highest BCUT2D eigenvalue weighted by atomic mass is 16.5. The maximum Gasteiger partial charge on any atom is 0.181 e. The van der Waals surface area contributed by atoms with E-state index in [4.69, 9.17) is 14.8 Å². The van der Waals surface area contributed by atoms with E-state index >= 15 is 0 Å². The monoisotopic (exact) mass is 353 g/mol. The van der Waals surface area contributed by atoms with E-state index in [1.54, 1.807) is 7.11 Å². The van der Waals surface area contributed by atoms with Gasteiger partial charge in [-0.3, -0.25) is 0 Å². The van der Waals surface area contributed by atoms with Crippen molar-refractivity contribution < 1.29 is 4.74 Å². The highest BCUT2D eigenvalue weighted by Gasteiger charge is 2.21. The molecule has 0 saturated heterocycles. The maximum absolute atomic E-state index is 5.38. The van der Waals surface area contributed by atoms with Crippen LogP contribution in [0.4, 0.5) is 0 Å². The third-order valence-corrected chi connectivity index (χ3v) is 5.07. The zero-order valence-corrected chi connectivity index (χ0v) is 15.1. The molecule has 4 aromatic rings. The Morgan fingerprint density at radius 1 is 0.852 bits per heavy atom.